The van der Waals surface area contributed by atoms with Crippen molar-refractivity contribution in [2.75, 3.05) is 5.32 Å². The van der Waals surface area contributed by atoms with Gasteiger partial charge in [-0.2, -0.15) is 0 Å². The summed E-state index contributed by atoms with van der Waals surface area (Å²) in [6.45, 7) is 6.00. The summed E-state index contributed by atoms with van der Waals surface area (Å²) in [7, 11) is 0. The Bertz CT molecular complexity index is 374. The van der Waals surface area contributed by atoms with Crippen LogP contribution >= 0.6 is 0 Å². The highest BCUT2D eigenvalue weighted by Crippen LogP contribution is 2.21. The summed E-state index contributed by atoms with van der Waals surface area (Å²) in [6.07, 6.45) is 2.12. The smallest absolute Gasteiger partial charge is 0.338 e. The molecule has 0 amide bonds. The Hall–Kier alpha value is -1.51. The molecule has 3 heteroatoms. The second-order valence-corrected chi connectivity index (χ2v) is 4.14. The van der Waals surface area contributed by atoms with E-state index >= 15 is 0 Å². The van der Waals surface area contributed by atoms with Gasteiger partial charge in [0.05, 0.1) is 5.56 Å². The molecule has 0 spiro atoms. The van der Waals surface area contributed by atoms with Crippen molar-refractivity contribution in [3.63, 3.8) is 0 Å². The quantitative estimate of drug-likeness (QED) is 0.802. The van der Waals surface area contributed by atoms with E-state index in [1.54, 1.807) is 0 Å². The number of hydrogen-bond donors (Lipinski definition) is 2. The third kappa shape index (κ3) is 2.99. The average molecular weight is 221 g/mol. The molecular weight excluding hydrogens is 202 g/mol. The van der Waals surface area contributed by atoms with E-state index < -0.39 is 5.97 Å². The molecule has 1 aromatic carbocycles. The van der Waals surface area contributed by atoms with Crippen LogP contribution in [0.15, 0.2) is 18.2 Å². The zero-order valence-electron chi connectivity index (χ0n) is 10.1. The molecule has 0 bridgehead atoms. The van der Waals surface area contributed by atoms with Crippen molar-refractivity contribution in [2.45, 2.75) is 39.7 Å². The van der Waals surface area contributed by atoms with Gasteiger partial charge in [-0.25, -0.2) is 4.79 Å². The number of aromatic carboxylic acids is 1. The first-order valence-corrected chi connectivity index (χ1v) is 5.65. The van der Waals surface area contributed by atoms with E-state index in [-0.39, 0.29) is 0 Å². The number of benzene rings is 1. The summed E-state index contributed by atoms with van der Waals surface area (Å²) < 4.78 is 0. The molecule has 1 aromatic rings. The second kappa shape index (κ2) is 5.54. The average Bonchev–Trinajstić information content (AvgIpc) is 2.17. The van der Waals surface area contributed by atoms with Crippen LogP contribution in [0.2, 0.25) is 0 Å². The van der Waals surface area contributed by atoms with Gasteiger partial charge in [0.15, 0.2) is 0 Å². The number of carboxylic acids is 1. The van der Waals surface area contributed by atoms with Crippen molar-refractivity contribution in [1.29, 1.82) is 0 Å². The Balaban J connectivity index is 2.95. The van der Waals surface area contributed by atoms with Crippen LogP contribution in [0.25, 0.3) is 0 Å². The summed E-state index contributed by atoms with van der Waals surface area (Å²) in [5, 5.41) is 12.4. The SMILES string of the molecule is CCCC(C)Nc1cccc(C)c1C(=O)O. The van der Waals surface area contributed by atoms with E-state index in [0.717, 1.165) is 18.4 Å². The van der Waals surface area contributed by atoms with E-state index in [0.29, 0.717) is 17.3 Å². The predicted molar refractivity (Wildman–Crippen MR) is 66.1 cm³/mol. The lowest BCUT2D eigenvalue weighted by Gasteiger charge is -2.17. The van der Waals surface area contributed by atoms with E-state index in [9.17, 15) is 4.79 Å². The first-order valence-electron chi connectivity index (χ1n) is 5.65. The monoisotopic (exact) mass is 221 g/mol. The Morgan fingerprint density at radius 1 is 1.50 bits per heavy atom. The van der Waals surface area contributed by atoms with Gasteiger partial charge in [0.1, 0.15) is 0 Å². The molecule has 0 saturated carbocycles. The molecule has 2 N–H and O–H groups in total. The van der Waals surface area contributed by atoms with Crippen molar-refractivity contribution in [2.24, 2.45) is 0 Å². The number of rotatable bonds is 5. The van der Waals surface area contributed by atoms with Crippen LogP contribution in [0.5, 0.6) is 0 Å². The molecule has 0 fully saturated rings. The lowest BCUT2D eigenvalue weighted by Crippen LogP contribution is -2.17. The molecule has 88 valence electrons. The minimum atomic E-state index is -0.871. The molecule has 16 heavy (non-hydrogen) atoms. The second-order valence-electron chi connectivity index (χ2n) is 4.14. The first kappa shape index (κ1) is 12.6. The van der Waals surface area contributed by atoms with Crippen molar-refractivity contribution in [1.82, 2.24) is 0 Å². The number of hydrogen-bond acceptors (Lipinski definition) is 2. The van der Waals surface area contributed by atoms with E-state index in [4.69, 9.17) is 5.11 Å². The Morgan fingerprint density at radius 2 is 2.19 bits per heavy atom. The van der Waals surface area contributed by atoms with Crippen LogP contribution in [0.3, 0.4) is 0 Å². The highest BCUT2D eigenvalue weighted by Gasteiger charge is 2.13. The number of carboxylic acid groups (broad SMARTS) is 1. The molecule has 0 heterocycles. The van der Waals surface area contributed by atoms with Gasteiger partial charge in [0.25, 0.3) is 0 Å². The molecule has 0 aliphatic rings. The van der Waals surface area contributed by atoms with Gasteiger partial charge in [-0.05, 0) is 31.9 Å². The number of nitrogens with one attached hydrogen (secondary N) is 1. The fraction of sp³-hybridized carbons (Fsp3) is 0.462. The fourth-order valence-electron chi connectivity index (χ4n) is 1.84. The Labute approximate surface area is 96.5 Å². The first-order chi connectivity index (χ1) is 7.56. The maximum atomic E-state index is 11.1. The predicted octanol–water partition coefficient (Wildman–Crippen LogP) is 3.29. The van der Waals surface area contributed by atoms with E-state index in [1.807, 2.05) is 25.1 Å². The fourth-order valence-corrected chi connectivity index (χ4v) is 1.84. The minimum Gasteiger partial charge on any atom is -0.478 e. The largest absolute Gasteiger partial charge is 0.478 e. The highest BCUT2D eigenvalue weighted by molar-refractivity contribution is 5.95. The zero-order valence-corrected chi connectivity index (χ0v) is 10.1. The lowest BCUT2D eigenvalue weighted by atomic mass is 10.1. The van der Waals surface area contributed by atoms with Gasteiger partial charge in [0, 0.05) is 11.7 Å². The molecule has 1 unspecified atom stereocenters. The van der Waals surface area contributed by atoms with Crippen LogP contribution < -0.4 is 5.32 Å². The maximum Gasteiger partial charge on any atom is 0.338 e. The normalized spacial score (nSPS) is 12.2. The third-order valence-electron chi connectivity index (χ3n) is 2.61. The molecule has 3 nitrogen and oxygen atoms in total. The molecule has 0 aromatic heterocycles. The lowest BCUT2D eigenvalue weighted by molar-refractivity contribution is 0.0697. The molecule has 0 saturated heterocycles. The van der Waals surface area contributed by atoms with Crippen molar-refractivity contribution in [3.05, 3.63) is 29.3 Å². The summed E-state index contributed by atoms with van der Waals surface area (Å²) in [6, 6.07) is 5.81. The standard InChI is InChI=1S/C13H19NO2/c1-4-6-10(3)14-11-8-5-7-9(2)12(11)13(15)16/h5,7-8,10,14H,4,6H2,1-3H3,(H,15,16). The Morgan fingerprint density at radius 3 is 2.75 bits per heavy atom. The van der Waals surface area contributed by atoms with Gasteiger partial charge < -0.3 is 10.4 Å². The summed E-state index contributed by atoms with van der Waals surface area (Å²) >= 11 is 0. The summed E-state index contributed by atoms with van der Waals surface area (Å²) in [5.74, 6) is -0.871. The van der Waals surface area contributed by atoms with Crippen LogP contribution in [0.1, 0.15) is 42.6 Å². The summed E-state index contributed by atoms with van der Waals surface area (Å²) in [5.41, 5.74) is 1.89. The van der Waals surface area contributed by atoms with Crippen LogP contribution in [0, 0.1) is 6.92 Å². The Kier molecular flexibility index (Phi) is 4.35. The molecule has 0 aliphatic heterocycles. The van der Waals surface area contributed by atoms with Gasteiger partial charge in [-0.3, -0.25) is 0 Å². The van der Waals surface area contributed by atoms with Gasteiger partial charge >= 0.3 is 5.97 Å². The van der Waals surface area contributed by atoms with Gasteiger partial charge in [0.2, 0.25) is 0 Å². The molecule has 1 rings (SSSR count). The zero-order chi connectivity index (χ0) is 12.1. The van der Waals surface area contributed by atoms with Crippen molar-refractivity contribution < 1.29 is 9.90 Å². The molecule has 1 atom stereocenters. The topological polar surface area (TPSA) is 49.3 Å². The van der Waals surface area contributed by atoms with Gasteiger partial charge in [-0.1, -0.05) is 25.5 Å². The van der Waals surface area contributed by atoms with Crippen molar-refractivity contribution >= 4 is 11.7 Å². The minimum absolute atomic E-state index is 0.296. The van der Waals surface area contributed by atoms with Crippen molar-refractivity contribution in [3.8, 4) is 0 Å². The summed E-state index contributed by atoms with van der Waals surface area (Å²) in [4.78, 5) is 11.1. The third-order valence-corrected chi connectivity index (χ3v) is 2.61. The number of carbonyl (C=O) groups is 1. The van der Waals surface area contributed by atoms with Crippen LogP contribution in [-0.2, 0) is 0 Å². The van der Waals surface area contributed by atoms with Gasteiger partial charge in [-0.15, -0.1) is 0 Å². The molecule has 0 aliphatic carbocycles. The van der Waals surface area contributed by atoms with E-state index in [2.05, 4.69) is 19.2 Å². The van der Waals surface area contributed by atoms with Crippen LogP contribution in [-0.4, -0.2) is 17.1 Å². The number of anilines is 1. The van der Waals surface area contributed by atoms with E-state index in [1.165, 1.54) is 0 Å². The maximum absolute atomic E-state index is 11.1. The molecule has 0 radical (unpaired) electrons. The molecular formula is C13H19NO2. The highest BCUT2D eigenvalue weighted by atomic mass is 16.4. The number of aryl methyl sites for hydroxylation is 1. The van der Waals surface area contributed by atoms with Crippen LogP contribution in [0.4, 0.5) is 5.69 Å².